The second-order valence-electron chi connectivity index (χ2n) is 3.57. The van der Waals surface area contributed by atoms with Gasteiger partial charge in [0.1, 0.15) is 0 Å². The number of hydrogen-bond donors (Lipinski definition) is 1. The Morgan fingerprint density at radius 1 is 1.40 bits per heavy atom. The molecule has 0 saturated carbocycles. The number of ether oxygens (including phenoxy) is 1. The van der Waals surface area contributed by atoms with Crippen LogP contribution in [0.2, 0.25) is 10.0 Å². The van der Waals surface area contributed by atoms with Crippen molar-refractivity contribution in [2.24, 2.45) is 5.92 Å². The van der Waals surface area contributed by atoms with Gasteiger partial charge in [0.05, 0.1) is 17.3 Å². The lowest BCUT2D eigenvalue weighted by atomic mass is 10.2. The molecule has 0 radical (unpaired) electrons. The molecule has 0 aliphatic heterocycles. The fourth-order valence-electron chi connectivity index (χ4n) is 1.26. The quantitative estimate of drug-likeness (QED) is 0.858. The maximum absolute atomic E-state index is 6.00. The molecule has 4 heteroatoms. The van der Waals surface area contributed by atoms with Crippen molar-refractivity contribution in [3.05, 3.63) is 28.2 Å². The fraction of sp³-hybridized carbons (Fsp3) is 0.455. The van der Waals surface area contributed by atoms with Gasteiger partial charge in [-0.1, -0.05) is 30.1 Å². The minimum atomic E-state index is 0.435. The standard InChI is InChI=1S/C11H15Cl2NO/c1-8(7-15-2)6-14-11-5-9(12)3-4-10(11)13/h3-5,8,14H,6-7H2,1-2H3. The zero-order chi connectivity index (χ0) is 11.3. The number of rotatable bonds is 5. The Morgan fingerprint density at radius 2 is 2.13 bits per heavy atom. The molecule has 0 heterocycles. The second kappa shape index (κ2) is 6.21. The van der Waals surface area contributed by atoms with Crippen molar-refractivity contribution >= 4 is 28.9 Å². The van der Waals surface area contributed by atoms with E-state index in [9.17, 15) is 0 Å². The highest BCUT2D eigenvalue weighted by atomic mass is 35.5. The molecule has 2 nitrogen and oxygen atoms in total. The lowest BCUT2D eigenvalue weighted by molar-refractivity contribution is 0.164. The lowest BCUT2D eigenvalue weighted by Gasteiger charge is -2.13. The predicted molar refractivity (Wildman–Crippen MR) is 66.0 cm³/mol. The molecule has 1 aromatic carbocycles. The van der Waals surface area contributed by atoms with Gasteiger partial charge in [-0.15, -0.1) is 0 Å². The van der Waals surface area contributed by atoms with Gasteiger partial charge >= 0.3 is 0 Å². The maximum atomic E-state index is 6.00. The normalized spacial score (nSPS) is 12.5. The minimum absolute atomic E-state index is 0.435. The minimum Gasteiger partial charge on any atom is -0.384 e. The van der Waals surface area contributed by atoms with E-state index in [1.54, 1.807) is 19.2 Å². The van der Waals surface area contributed by atoms with Gasteiger partial charge in [0.25, 0.3) is 0 Å². The zero-order valence-electron chi connectivity index (χ0n) is 8.89. The summed E-state index contributed by atoms with van der Waals surface area (Å²) < 4.78 is 5.05. The van der Waals surface area contributed by atoms with E-state index in [1.165, 1.54) is 0 Å². The SMILES string of the molecule is COCC(C)CNc1cc(Cl)ccc1Cl. The van der Waals surface area contributed by atoms with Gasteiger partial charge in [0.2, 0.25) is 0 Å². The average molecular weight is 248 g/mol. The first-order valence-electron chi connectivity index (χ1n) is 4.81. The van der Waals surface area contributed by atoms with Crippen LogP contribution in [0, 0.1) is 5.92 Å². The van der Waals surface area contributed by atoms with Gasteiger partial charge < -0.3 is 10.1 Å². The molecule has 0 aliphatic rings. The number of methoxy groups -OCH3 is 1. The van der Waals surface area contributed by atoms with Crippen molar-refractivity contribution < 1.29 is 4.74 Å². The highest BCUT2D eigenvalue weighted by molar-refractivity contribution is 6.35. The maximum Gasteiger partial charge on any atom is 0.0638 e. The molecule has 1 aromatic rings. The van der Waals surface area contributed by atoms with E-state index in [1.807, 2.05) is 6.07 Å². The van der Waals surface area contributed by atoms with Crippen LogP contribution in [-0.4, -0.2) is 20.3 Å². The van der Waals surface area contributed by atoms with Crippen LogP contribution in [0.15, 0.2) is 18.2 Å². The Morgan fingerprint density at radius 3 is 2.80 bits per heavy atom. The number of anilines is 1. The summed E-state index contributed by atoms with van der Waals surface area (Å²) >= 11 is 11.9. The van der Waals surface area contributed by atoms with Crippen molar-refractivity contribution in [2.75, 3.05) is 25.6 Å². The Hall–Kier alpha value is -0.440. The van der Waals surface area contributed by atoms with Crippen molar-refractivity contribution in [3.8, 4) is 0 Å². The molecular weight excluding hydrogens is 233 g/mol. The summed E-state index contributed by atoms with van der Waals surface area (Å²) in [7, 11) is 1.70. The first kappa shape index (κ1) is 12.6. The summed E-state index contributed by atoms with van der Waals surface area (Å²) in [6, 6.07) is 5.38. The Kier molecular flexibility index (Phi) is 5.23. The second-order valence-corrected chi connectivity index (χ2v) is 4.41. The van der Waals surface area contributed by atoms with Crippen LogP contribution in [0.5, 0.6) is 0 Å². The van der Waals surface area contributed by atoms with Gasteiger partial charge in [-0.3, -0.25) is 0 Å². The monoisotopic (exact) mass is 247 g/mol. The zero-order valence-corrected chi connectivity index (χ0v) is 10.4. The van der Waals surface area contributed by atoms with Gasteiger partial charge in [-0.25, -0.2) is 0 Å². The topological polar surface area (TPSA) is 21.3 Å². The first-order chi connectivity index (χ1) is 7.13. The number of nitrogens with one attached hydrogen (secondary N) is 1. The Balaban J connectivity index is 2.53. The molecule has 0 aliphatic carbocycles. The van der Waals surface area contributed by atoms with Gasteiger partial charge in [-0.2, -0.15) is 0 Å². The van der Waals surface area contributed by atoms with Gasteiger partial charge in [0.15, 0.2) is 0 Å². The van der Waals surface area contributed by atoms with Crippen molar-refractivity contribution in [1.29, 1.82) is 0 Å². The summed E-state index contributed by atoms with van der Waals surface area (Å²) in [5, 5.41) is 4.61. The van der Waals surface area contributed by atoms with Crippen LogP contribution < -0.4 is 5.32 Å². The van der Waals surface area contributed by atoms with Crippen molar-refractivity contribution in [1.82, 2.24) is 0 Å². The van der Waals surface area contributed by atoms with Gasteiger partial charge in [0, 0.05) is 18.7 Å². The summed E-state index contributed by atoms with van der Waals surface area (Å²) in [6.45, 7) is 3.65. The smallest absolute Gasteiger partial charge is 0.0638 e. The van der Waals surface area contributed by atoms with Gasteiger partial charge in [-0.05, 0) is 24.1 Å². The third-order valence-corrected chi connectivity index (χ3v) is 2.59. The number of halogens is 2. The van der Waals surface area contributed by atoms with E-state index in [0.29, 0.717) is 16.0 Å². The molecule has 0 aromatic heterocycles. The molecule has 0 bridgehead atoms. The van der Waals surface area contributed by atoms with Crippen LogP contribution in [0.1, 0.15) is 6.92 Å². The molecule has 15 heavy (non-hydrogen) atoms. The average Bonchev–Trinajstić information content (AvgIpc) is 2.20. The first-order valence-corrected chi connectivity index (χ1v) is 5.57. The predicted octanol–water partition coefficient (Wildman–Crippen LogP) is 3.69. The Bertz CT molecular complexity index is 317. The highest BCUT2D eigenvalue weighted by Crippen LogP contribution is 2.25. The highest BCUT2D eigenvalue weighted by Gasteiger charge is 2.04. The molecule has 1 rings (SSSR count). The molecule has 0 amide bonds. The molecule has 1 N–H and O–H groups in total. The molecule has 0 fully saturated rings. The number of hydrogen-bond acceptors (Lipinski definition) is 2. The van der Waals surface area contributed by atoms with Crippen LogP contribution in [0.4, 0.5) is 5.69 Å². The van der Waals surface area contributed by atoms with E-state index in [2.05, 4.69) is 12.2 Å². The van der Waals surface area contributed by atoms with E-state index in [-0.39, 0.29) is 0 Å². The largest absolute Gasteiger partial charge is 0.384 e. The van der Waals surface area contributed by atoms with Crippen molar-refractivity contribution in [3.63, 3.8) is 0 Å². The van der Waals surface area contributed by atoms with Crippen LogP contribution in [0.25, 0.3) is 0 Å². The third kappa shape index (κ3) is 4.29. The summed E-state index contributed by atoms with van der Waals surface area (Å²) in [6.07, 6.45) is 0. The summed E-state index contributed by atoms with van der Waals surface area (Å²) in [4.78, 5) is 0. The molecule has 0 saturated heterocycles. The number of benzene rings is 1. The summed E-state index contributed by atoms with van der Waals surface area (Å²) in [5.74, 6) is 0.435. The molecule has 0 spiro atoms. The lowest BCUT2D eigenvalue weighted by Crippen LogP contribution is -2.15. The summed E-state index contributed by atoms with van der Waals surface area (Å²) in [5.41, 5.74) is 0.868. The molecular formula is C11H15Cl2NO. The third-order valence-electron chi connectivity index (χ3n) is 2.02. The fourth-order valence-corrected chi connectivity index (χ4v) is 1.62. The molecule has 1 atom stereocenters. The van der Waals surface area contributed by atoms with E-state index >= 15 is 0 Å². The van der Waals surface area contributed by atoms with Crippen molar-refractivity contribution in [2.45, 2.75) is 6.92 Å². The van der Waals surface area contributed by atoms with E-state index < -0.39 is 0 Å². The van der Waals surface area contributed by atoms with E-state index in [0.717, 1.165) is 18.8 Å². The van der Waals surface area contributed by atoms with Crippen LogP contribution in [-0.2, 0) is 4.74 Å². The Labute approximate surface area is 101 Å². The van der Waals surface area contributed by atoms with Crippen LogP contribution >= 0.6 is 23.2 Å². The molecule has 1 unspecified atom stereocenters. The van der Waals surface area contributed by atoms with Crippen LogP contribution in [0.3, 0.4) is 0 Å². The van der Waals surface area contributed by atoms with E-state index in [4.69, 9.17) is 27.9 Å². The molecule has 84 valence electrons.